The second-order valence-electron chi connectivity index (χ2n) is 5.35. The van der Waals surface area contributed by atoms with Crippen LogP contribution in [0.4, 0.5) is 0 Å². The van der Waals surface area contributed by atoms with Gasteiger partial charge in [-0.2, -0.15) is 0 Å². The molecule has 0 radical (unpaired) electrons. The lowest BCUT2D eigenvalue weighted by atomic mass is 10.1. The third-order valence-electron chi connectivity index (χ3n) is 3.78. The van der Waals surface area contributed by atoms with Crippen LogP contribution in [0.2, 0.25) is 0 Å². The molecule has 1 aromatic heterocycles. The molecule has 0 saturated carbocycles. The fourth-order valence-electron chi connectivity index (χ4n) is 2.78. The largest absolute Gasteiger partial charge is 0.326 e. The minimum absolute atomic E-state index is 0.173. The summed E-state index contributed by atoms with van der Waals surface area (Å²) in [5.74, 6) is 0. The van der Waals surface area contributed by atoms with Crippen molar-refractivity contribution in [3.05, 3.63) is 22.4 Å². The molecule has 0 aromatic carbocycles. The van der Waals surface area contributed by atoms with Gasteiger partial charge in [0.1, 0.15) is 0 Å². The van der Waals surface area contributed by atoms with Crippen molar-refractivity contribution in [3.8, 4) is 0 Å². The van der Waals surface area contributed by atoms with Crippen LogP contribution in [-0.4, -0.2) is 49.1 Å². The first-order valence-corrected chi connectivity index (χ1v) is 7.78. The number of hydrogen-bond acceptors (Lipinski definition) is 4. The van der Waals surface area contributed by atoms with Gasteiger partial charge in [-0.1, -0.05) is 6.07 Å². The summed E-state index contributed by atoms with van der Waals surface area (Å²) in [4.78, 5) is 6.35. The molecule has 1 fully saturated rings. The fourth-order valence-corrected chi connectivity index (χ4v) is 3.79. The topological polar surface area (TPSA) is 32.5 Å². The molecule has 0 aliphatic carbocycles. The van der Waals surface area contributed by atoms with Crippen molar-refractivity contribution >= 4 is 11.3 Å². The van der Waals surface area contributed by atoms with E-state index in [0.717, 1.165) is 6.54 Å². The molecule has 2 rings (SSSR count). The van der Waals surface area contributed by atoms with Crippen molar-refractivity contribution in [1.29, 1.82) is 0 Å². The van der Waals surface area contributed by atoms with Gasteiger partial charge in [-0.15, -0.1) is 11.3 Å². The van der Waals surface area contributed by atoms with Crippen LogP contribution in [0.25, 0.3) is 0 Å². The predicted molar refractivity (Wildman–Crippen MR) is 79.0 cm³/mol. The summed E-state index contributed by atoms with van der Waals surface area (Å²) in [5.41, 5.74) is 6.16. The Balaban J connectivity index is 1.89. The molecular weight excluding hydrogens is 242 g/mol. The quantitative estimate of drug-likeness (QED) is 0.857. The summed E-state index contributed by atoms with van der Waals surface area (Å²) in [6.45, 7) is 6.93. The van der Waals surface area contributed by atoms with Gasteiger partial charge in [0.2, 0.25) is 0 Å². The van der Waals surface area contributed by atoms with E-state index in [1.807, 2.05) is 11.3 Å². The Kier molecular flexibility index (Phi) is 5.18. The summed E-state index contributed by atoms with van der Waals surface area (Å²) < 4.78 is 0. The Hall–Kier alpha value is -0.420. The van der Waals surface area contributed by atoms with Gasteiger partial charge >= 0.3 is 0 Å². The van der Waals surface area contributed by atoms with Gasteiger partial charge in [0.15, 0.2) is 0 Å². The SMILES string of the molecule is CC(N)C(c1cccs1)N(C)CCN1CCCC1. The summed E-state index contributed by atoms with van der Waals surface area (Å²) in [7, 11) is 2.20. The van der Waals surface area contributed by atoms with Gasteiger partial charge in [0.25, 0.3) is 0 Å². The van der Waals surface area contributed by atoms with Gasteiger partial charge in [-0.25, -0.2) is 0 Å². The predicted octanol–water partition coefficient (Wildman–Crippen LogP) is 2.16. The smallest absolute Gasteiger partial charge is 0.0588 e. The third kappa shape index (κ3) is 3.54. The lowest BCUT2D eigenvalue weighted by Gasteiger charge is -2.31. The van der Waals surface area contributed by atoms with E-state index in [1.165, 1.54) is 37.4 Å². The van der Waals surface area contributed by atoms with Crippen LogP contribution in [0.15, 0.2) is 17.5 Å². The number of hydrogen-bond donors (Lipinski definition) is 1. The van der Waals surface area contributed by atoms with Crippen LogP contribution >= 0.6 is 11.3 Å². The van der Waals surface area contributed by atoms with E-state index >= 15 is 0 Å². The summed E-state index contributed by atoms with van der Waals surface area (Å²) >= 11 is 1.81. The van der Waals surface area contributed by atoms with Crippen LogP contribution in [0, 0.1) is 0 Å². The highest BCUT2D eigenvalue weighted by atomic mass is 32.1. The molecule has 4 heteroatoms. The molecule has 1 aromatic rings. The fraction of sp³-hybridized carbons (Fsp3) is 0.714. The first-order valence-electron chi connectivity index (χ1n) is 6.90. The normalized spacial score (nSPS) is 20.4. The van der Waals surface area contributed by atoms with E-state index < -0.39 is 0 Å². The molecule has 1 aliphatic rings. The number of likely N-dealkylation sites (N-methyl/N-ethyl adjacent to an activating group) is 1. The molecule has 3 nitrogen and oxygen atoms in total. The average molecular weight is 267 g/mol. The van der Waals surface area contributed by atoms with E-state index in [1.54, 1.807) is 0 Å². The number of nitrogens with two attached hydrogens (primary N) is 1. The van der Waals surface area contributed by atoms with Gasteiger partial charge in [-0.3, -0.25) is 4.90 Å². The van der Waals surface area contributed by atoms with Crippen LogP contribution in [-0.2, 0) is 0 Å². The monoisotopic (exact) mass is 267 g/mol. The zero-order valence-corrected chi connectivity index (χ0v) is 12.3. The highest BCUT2D eigenvalue weighted by molar-refractivity contribution is 7.10. The van der Waals surface area contributed by atoms with Crippen molar-refractivity contribution in [2.75, 3.05) is 33.2 Å². The van der Waals surface area contributed by atoms with Crippen molar-refractivity contribution < 1.29 is 0 Å². The minimum atomic E-state index is 0.173. The zero-order valence-electron chi connectivity index (χ0n) is 11.5. The maximum Gasteiger partial charge on any atom is 0.0588 e. The van der Waals surface area contributed by atoms with Crippen molar-refractivity contribution in [3.63, 3.8) is 0 Å². The Morgan fingerprint density at radius 1 is 1.44 bits per heavy atom. The van der Waals surface area contributed by atoms with Crippen LogP contribution < -0.4 is 5.73 Å². The molecule has 2 unspecified atom stereocenters. The molecule has 1 saturated heterocycles. The Bertz CT molecular complexity index is 331. The standard InChI is InChI=1S/C14H25N3S/c1-12(15)14(13-6-5-11-18-13)16(2)9-10-17-7-3-4-8-17/h5-6,11-12,14H,3-4,7-10,15H2,1-2H3. The maximum absolute atomic E-state index is 6.16. The molecule has 0 amide bonds. The number of rotatable bonds is 6. The average Bonchev–Trinajstić information content (AvgIpc) is 2.99. The number of thiophene rings is 1. The molecule has 0 bridgehead atoms. The number of nitrogens with zero attached hydrogens (tertiary/aromatic N) is 2. The van der Waals surface area contributed by atoms with Crippen molar-refractivity contribution in [2.45, 2.75) is 31.8 Å². The zero-order chi connectivity index (χ0) is 13.0. The minimum Gasteiger partial charge on any atom is -0.326 e. The van der Waals surface area contributed by atoms with E-state index in [0.29, 0.717) is 6.04 Å². The van der Waals surface area contributed by atoms with Crippen molar-refractivity contribution in [1.82, 2.24) is 9.80 Å². The molecule has 2 atom stereocenters. The summed E-state index contributed by atoms with van der Waals surface area (Å²) in [5, 5.41) is 2.14. The summed E-state index contributed by atoms with van der Waals surface area (Å²) in [6.07, 6.45) is 2.73. The first-order chi connectivity index (χ1) is 8.68. The molecule has 0 spiro atoms. The Labute approximate surface area is 115 Å². The van der Waals surface area contributed by atoms with Crippen LogP contribution in [0.1, 0.15) is 30.7 Å². The molecule has 1 aliphatic heterocycles. The van der Waals surface area contributed by atoms with E-state index in [2.05, 4.69) is 41.3 Å². The third-order valence-corrected chi connectivity index (χ3v) is 4.72. The lowest BCUT2D eigenvalue weighted by Crippen LogP contribution is -2.40. The molecular formula is C14H25N3S. The van der Waals surface area contributed by atoms with Crippen LogP contribution in [0.5, 0.6) is 0 Å². The Morgan fingerprint density at radius 3 is 2.72 bits per heavy atom. The number of likely N-dealkylation sites (tertiary alicyclic amines) is 1. The van der Waals surface area contributed by atoms with Gasteiger partial charge in [0.05, 0.1) is 6.04 Å². The van der Waals surface area contributed by atoms with Crippen molar-refractivity contribution in [2.24, 2.45) is 5.73 Å². The molecule has 102 valence electrons. The molecule has 18 heavy (non-hydrogen) atoms. The Morgan fingerprint density at radius 2 is 2.17 bits per heavy atom. The summed E-state index contributed by atoms with van der Waals surface area (Å²) in [6, 6.07) is 4.84. The highest BCUT2D eigenvalue weighted by Gasteiger charge is 2.22. The molecule has 2 heterocycles. The van der Waals surface area contributed by atoms with Crippen LogP contribution in [0.3, 0.4) is 0 Å². The van der Waals surface area contributed by atoms with E-state index in [-0.39, 0.29) is 6.04 Å². The maximum atomic E-state index is 6.16. The second kappa shape index (κ2) is 6.66. The van der Waals surface area contributed by atoms with E-state index in [9.17, 15) is 0 Å². The van der Waals surface area contributed by atoms with Gasteiger partial charge < -0.3 is 10.6 Å². The van der Waals surface area contributed by atoms with E-state index in [4.69, 9.17) is 5.73 Å². The highest BCUT2D eigenvalue weighted by Crippen LogP contribution is 2.26. The van der Waals surface area contributed by atoms with Gasteiger partial charge in [-0.05, 0) is 51.3 Å². The lowest BCUT2D eigenvalue weighted by molar-refractivity contribution is 0.191. The molecule has 2 N–H and O–H groups in total. The first kappa shape index (κ1) is 14.0. The second-order valence-corrected chi connectivity index (χ2v) is 6.33. The van der Waals surface area contributed by atoms with Gasteiger partial charge in [0, 0.05) is 24.0 Å².